The normalized spacial score (nSPS) is 10.3. The first kappa shape index (κ1) is 16.4. The molecule has 0 unspecified atom stereocenters. The third-order valence-electron chi connectivity index (χ3n) is 2.69. The fourth-order valence-electron chi connectivity index (χ4n) is 1.66. The number of ether oxygens (including phenoxy) is 2. The second-order valence-corrected chi connectivity index (χ2v) is 4.24. The maximum atomic E-state index is 13.4. The molecule has 20 heavy (non-hydrogen) atoms. The van der Waals surface area contributed by atoms with Gasteiger partial charge in [0.25, 0.3) is 0 Å². The predicted molar refractivity (Wildman–Crippen MR) is 74.4 cm³/mol. The van der Waals surface area contributed by atoms with Crippen LogP contribution in [0.5, 0.6) is 5.75 Å². The highest BCUT2D eigenvalue weighted by molar-refractivity contribution is 5.78. The average molecular weight is 284 g/mol. The van der Waals surface area contributed by atoms with E-state index in [1.54, 1.807) is 13.2 Å². The number of hydrogen-bond donors (Lipinski definition) is 2. The number of hydrogen-bond acceptors (Lipinski definition) is 4. The van der Waals surface area contributed by atoms with Crippen LogP contribution in [0.3, 0.4) is 0 Å². The van der Waals surface area contributed by atoms with E-state index in [1.165, 1.54) is 19.2 Å². The Morgan fingerprint density at radius 2 is 2.05 bits per heavy atom. The van der Waals surface area contributed by atoms with E-state index < -0.39 is 5.82 Å². The zero-order chi connectivity index (χ0) is 14.8. The molecule has 0 saturated heterocycles. The van der Waals surface area contributed by atoms with Gasteiger partial charge in [0.05, 0.1) is 20.1 Å². The number of amides is 1. The topological polar surface area (TPSA) is 59.6 Å². The van der Waals surface area contributed by atoms with Gasteiger partial charge in [-0.05, 0) is 17.7 Å². The molecule has 0 heterocycles. The molecule has 1 rings (SSSR count). The van der Waals surface area contributed by atoms with E-state index in [1.807, 2.05) is 0 Å². The van der Waals surface area contributed by atoms with Gasteiger partial charge in [0.2, 0.25) is 5.91 Å². The molecule has 2 N–H and O–H groups in total. The van der Waals surface area contributed by atoms with Crippen molar-refractivity contribution < 1.29 is 18.7 Å². The zero-order valence-electron chi connectivity index (χ0n) is 11.9. The molecule has 0 aliphatic heterocycles. The van der Waals surface area contributed by atoms with E-state index in [9.17, 15) is 9.18 Å². The van der Waals surface area contributed by atoms with Gasteiger partial charge < -0.3 is 20.1 Å². The molecule has 1 aromatic rings. The highest BCUT2D eigenvalue weighted by atomic mass is 19.1. The minimum absolute atomic E-state index is 0.136. The molecule has 5 nitrogen and oxygen atoms in total. The molecule has 0 saturated carbocycles. The summed E-state index contributed by atoms with van der Waals surface area (Å²) in [6.07, 6.45) is 0.152. The minimum Gasteiger partial charge on any atom is -0.494 e. The van der Waals surface area contributed by atoms with E-state index in [2.05, 4.69) is 10.6 Å². The van der Waals surface area contributed by atoms with E-state index in [0.29, 0.717) is 25.3 Å². The van der Waals surface area contributed by atoms with Crippen molar-refractivity contribution in [3.63, 3.8) is 0 Å². The van der Waals surface area contributed by atoms with E-state index in [-0.39, 0.29) is 18.1 Å². The van der Waals surface area contributed by atoms with Crippen LogP contribution in [0, 0.1) is 5.82 Å². The number of carbonyl (C=O) groups excluding carboxylic acids is 1. The van der Waals surface area contributed by atoms with E-state index in [0.717, 1.165) is 6.54 Å². The molecule has 6 heteroatoms. The summed E-state index contributed by atoms with van der Waals surface area (Å²) in [4.78, 5) is 11.6. The van der Waals surface area contributed by atoms with Gasteiger partial charge in [-0.2, -0.15) is 0 Å². The van der Waals surface area contributed by atoms with Gasteiger partial charge in [-0.3, -0.25) is 4.79 Å². The molecule has 0 aliphatic rings. The lowest BCUT2D eigenvalue weighted by molar-refractivity contribution is -0.120. The quantitative estimate of drug-likeness (QED) is 0.656. The molecule has 0 aliphatic carbocycles. The monoisotopic (exact) mass is 284 g/mol. The number of rotatable bonds is 9. The van der Waals surface area contributed by atoms with Gasteiger partial charge in [-0.15, -0.1) is 0 Å². The lowest BCUT2D eigenvalue weighted by Gasteiger charge is -2.07. The fourth-order valence-corrected chi connectivity index (χ4v) is 1.66. The first-order valence-electron chi connectivity index (χ1n) is 6.46. The van der Waals surface area contributed by atoms with Crippen LogP contribution < -0.4 is 15.4 Å². The predicted octanol–water partition coefficient (Wildman–Crippen LogP) is 0.729. The van der Waals surface area contributed by atoms with Gasteiger partial charge in [-0.25, -0.2) is 4.39 Å². The molecule has 1 aromatic carbocycles. The molecule has 0 fully saturated rings. The maximum absolute atomic E-state index is 13.4. The Bertz CT molecular complexity index is 427. The van der Waals surface area contributed by atoms with Crippen LogP contribution in [0.2, 0.25) is 0 Å². The highest BCUT2D eigenvalue weighted by Gasteiger charge is 2.07. The van der Waals surface area contributed by atoms with Crippen molar-refractivity contribution in [1.29, 1.82) is 0 Å². The van der Waals surface area contributed by atoms with Crippen LogP contribution in [-0.4, -0.2) is 46.4 Å². The molecular weight excluding hydrogens is 263 g/mol. The largest absolute Gasteiger partial charge is 0.494 e. The van der Waals surface area contributed by atoms with Crippen molar-refractivity contribution in [3.8, 4) is 5.75 Å². The van der Waals surface area contributed by atoms with Crippen molar-refractivity contribution in [1.82, 2.24) is 10.6 Å². The minimum atomic E-state index is -0.459. The van der Waals surface area contributed by atoms with Crippen LogP contribution >= 0.6 is 0 Å². The van der Waals surface area contributed by atoms with Gasteiger partial charge in [0.15, 0.2) is 11.6 Å². The fraction of sp³-hybridized carbons (Fsp3) is 0.500. The first-order chi connectivity index (χ1) is 9.67. The number of methoxy groups -OCH3 is 2. The summed E-state index contributed by atoms with van der Waals surface area (Å²) in [5.41, 5.74) is 0.619. The Kier molecular flexibility index (Phi) is 7.60. The van der Waals surface area contributed by atoms with Gasteiger partial charge >= 0.3 is 0 Å². The second-order valence-electron chi connectivity index (χ2n) is 4.24. The molecule has 1 amide bonds. The highest BCUT2D eigenvalue weighted by Crippen LogP contribution is 2.17. The SMILES string of the molecule is COCCNCCNC(=O)Cc1ccc(OC)c(F)c1. The summed E-state index contributed by atoms with van der Waals surface area (Å²) in [7, 11) is 3.04. The van der Waals surface area contributed by atoms with Crippen LogP contribution in [0.25, 0.3) is 0 Å². The van der Waals surface area contributed by atoms with Crippen molar-refractivity contribution >= 4 is 5.91 Å². The average Bonchev–Trinajstić information content (AvgIpc) is 2.43. The molecule has 0 aromatic heterocycles. The lowest BCUT2D eigenvalue weighted by Crippen LogP contribution is -2.33. The second kappa shape index (κ2) is 9.28. The summed E-state index contributed by atoms with van der Waals surface area (Å²) in [6, 6.07) is 4.51. The van der Waals surface area contributed by atoms with Crippen molar-refractivity contribution in [3.05, 3.63) is 29.6 Å². The van der Waals surface area contributed by atoms with E-state index >= 15 is 0 Å². The van der Waals surface area contributed by atoms with Crippen LogP contribution in [0.4, 0.5) is 4.39 Å². The van der Waals surface area contributed by atoms with Gasteiger partial charge in [0.1, 0.15) is 0 Å². The van der Waals surface area contributed by atoms with Crippen LogP contribution in [-0.2, 0) is 16.0 Å². The molecule has 112 valence electrons. The molecule has 0 bridgehead atoms. The third kappa shape index (κ3) is 5.99. The van der Waals surface area contributed by atoms with Crippen molar-refractivity contribution in [2.45, 2.75) is 6.42 Å². The number of carbonyl (C=O) groups is 1. The maximum Gasteiger partial charge on any atom is 0.224 e. The third-order valence-corrected chi connectivity index (χ3v) is 2.69. The Morgan fingerprint density at radius 3 is 2.70 bits per heavy atom. The number of halogens is 1. The Labute approximate surface area is 118 Å². The molecule has 0 spiro atoms. The van der Waals surface area contributed by atoms with E-state index in [4.69, 9.17) is 9.47 Å². The molecule has 0 atom stereocenters. The number of nitrogens with one attached hydrogen (secondary N) is 2. The first-order valence-corrected chi connectivity index (χ1v) is 6.46. The van der Waals surface area contributed by atoms with Crippen LogP contribution in [0.15, 0.2) is 18.2 Å². The Balaban J connectivity index is 2.26. The Hall–Kier alpha value is -1.66. The van der Waals surface area contributed by atoms with Gasteiger partial charge in [0, 0.05) is 26.7 Å². The molecular formula is C14H21FN2O3. The van der Waals surface area contributed by atoms with Crippen LogP contribution in [0.1, 0.15) is 5.56 Å². The standard InChI is InChI=1S/C14H21FN2O3/c1-19-8-7-16-5-6-17-14(18)10-11-3-4-13(20-2)12(15)9-11/h3-4,9,16H,5-8,10H2,1-2H3,(H,17,18). The summed E-state index contributed by atoms with van der Waals surface area (Å²) >= 11 is 0. The number of benzene rings is 1. The lowest BCUT2D eigenvalue weighted by atomic mass is 10.1. The van der Waals surface area contributed by atoms with Crippen molar-refractivity contribution in [2.75, 3.05) is 40.5 Å². The van der Waals surface area contributed by atoms with Crippen molar-refractivity contribution in [2.24, 2.45) is 0 Å². The summed E-state index contributed by atoms with van der Waals surface area (Å²) in [5, 5.41) is 5.87. The summed E-state index contributed by atoms with van der Waals surface area (Å²) < 4.78 is 23.2. The molecule has 0 radical (unpaired) electrons. The summed E-state index contributed by atoms with van der Waals surface area (Å²) in [6.45, 7) is 2.59. The van der Waals surface area contributed by atoms with Gasteiger partial charge in [-0.1, -0.05) is 6.07 Å². The zero-order valence-corrected chi connectivity index (χ0v) is 11.9. The summed E-state index contributed by atoms with van der Waals surface area (Å²) in [5.74, 6) is -0.418. The Morgan fingerprint density at radius 1 is 1.25 bits per heavy atom. The smallest absolute Gasteiger partial charge is 0.224 e.